The Morgan fingerprint density at radius 2 is 1.44 bits per heavy atom. The Balaban J connectivity index is 1.15. The quantitative estimate of drug-likeness (QED) is 0.610. The number of piperazine rings is 1. The maximum atomic E-state index is 13.1. The van der Waals surface area contributed by atoms with E-state index in [2.05, 4.69) is 23.1 Å². The number of amides is 2. The third-order valence-electron chi connectivity index (χ3n) is 6.46. The minimum atomic E-state index is 0.109. The molecule has 0 atom stereocenters. The average Bonchev–Trinajstić information content (AvgIpc) is 3.21. The zero-order valence-corrected chi connectivity index (χ0v) is 19.1. The van der Waals surface area contributed by atoms with E-state index in [0.29, 0.717) is 6.04 Å². The summed E-state index contributed by atoms with van der Waals surface area (Å²) in [5, 5.41) is 0. The van der Waals surface area contributed by atoms with Crippen LogP contribution in [0.4, 0.5) is 0 Å². The standard InChI is InChI=1S/C26H27N3O2S/c1-19-16-23(20-8-4-2-5-9-20)32-24(19)26(31)29-17-22(18-29)27-12-14-28(15-13-27)25(30)21-10-6-3-7-11-21/h2-11,16,22H,12-15,17-18H2,1H3. The van der Waals surface area contributed by atoms with Gasteiger partial charge in [0.15, 0.2) is 0 Å². The van der Waals surface area contributed by atoms with E-state index in [0.717, 1.165) is 65.7 Å². The van der Waals surface area contributed by atoms with E-state index >= 15 is 0 Å². The van der Waals surface area contributed by atoms with E-state index in [4.69, 9.17) is 0 Å². The molecule has 0 spiro atoms. The molecule has 0 saturated carbocycles. The average molecular weight is 446 g/mol. The highest BCUT2D eigenvalue weighted by Gasteiger charge is 2.37. The van der Waals surface area contributed by atoms with E-state index in [1.807, 2.05) is 65.3 Å². The molecule has 1 aromatic heterocycles. The number of thiophene rings is 1. The van der Waals surface area contributed by atoms with Crippen LogP contribution in [0.1, 0.15) is 25.6 Å². The topological polar surface area (TPSA) is 43.9 Å². The summed E-state index contributed by atoms with van der Waals surface area (Å²) in [4.78, 5) is 34.0. The molecule has 6 heteroatoms. The Kier molecular flexibility index (Phi) is 5.81. The van der Waals surface area contributed by atoms with Crippen LogP contribution >= 0.6 is 11.3 Å². The first-order chi connectivity index (χ1) is 15.6. The van der Waals surface area contributed by atoms with Crippen LogP contribution in [-0.2, 0) is 0 Å². The van der Waals surface area contributed by atoms with E-state index < -0.39 is 0 Å². The van der Waals surface area contributed by atoms with Gasteiger partial charge < -0.3 is 9.80 Å². The van der Waals surface area contributed by atoms with E-state index in [1.54, 1.807) is 11.3 Å². The summed E-state index contributed by atoms with van der Waals surface area (Å²) in [7, 11) is 0. The number of rotatable bonds is 4. The summed E-state index contributed by atoms with van der Waals surface area (Å²) in [6, 6.07) is 22.2. The molecular weight excluding hydrogens is 418 g/mol. The van der Waals surface area contributed by atoms with Gasteiger partial charge in [0.1, 0.15) is 0 Å². The first-order valence-corrected chi connectivity index (χ1v) is 12.0. The molecule has 5 nitrogen and oxygen atoms in total. The fraction of sp³-hybridized carbons (Fsp3) is 0.308. The first kappa shape index (κ1) is 20.9. The fourth-order valence-electron chi connectivity index (χ4n) is 4.49. The molecule has 2 aromatic carbocycles. The van der Waals surface area contributed by atoms with Crippen LogP contribution in [0.3, 0.4) is 0 Å². The molecule has 3 aromatic rings. The van der Waals surface area contributed by atoms with Crippen molar-refractivity contribution in [2.75, 3.05) is 39.3 Å². The Bertz CT molecular complexity index is 1100. The third-order valence-corrected chi connectivity index (χ3v) is 7.73. The Labute approximate surface area is 192 Å². The monoisotopic (exact) mass is 445 g/mol. The molecule has 0 N–H and O–H groups in total. The summed E-state index contributed by atoms with van der Waals surface area (Å²) < 4.78 is 0. The normalized spacial score (nSPS) is 17.3. The predicted octanol–water partition coefficient (Wildman–Crippen LogP) is 4.01. The van der Waals surface area contributed by atoms with Crippen LogP contribution in [0, 0.1) is 6.92 Å². The molecule has 2 fully saturated rings. The molecule has 2 saturated heterocycles. The van der Waals surface area contributed by atoms with Gasteiger partial charge in [0.2, 0.25) is 0 Å². The number of carbonyl (C=O) groups is 2. The van der Waals surface area contributed by atoms with Crippen molar-refractivity contribution in [3.8, 4) is 10.4 Å². The van der Waals surface area contributed by atoms with Crippen LogP contribution in [0.15, 0.2) is 66.7 Å². The maximum Gasteiger partial charge on any atom is 0.264 e. The van der Waals surface area contributed by atoms with Gasteiger partial charge in [-0.25, -0.2) is 0 Å². The maximum absolute atomic E-state index is 13.1. The van der Waals surface area contributed by atoms with Crippen LogP contribution in [0.5, 0.6) is 0 Å². The highest BCUT2D eigenvalue weighted by Crippen LogP contribution is 2.33. The zero-order valence-electron chi connectivity index (χ0n) is 18.2. The summed E-state index contributed by atoms with van der Waals surface area (Å²) in [6.45, 7) is 6.76. The van der Waals surface area contributed by atoms with Gasteiger partial charge in [-0.3, -0.25) is 14.5 Å². The molecule has 0 unspecified atom stereocenters. The lowest BCUT2D eigenvalue weighted by atomic mass is 10.0. The minimum absolute atomic E-state index is 0.109. The number of carbonyl (C=O) groups excluding carboxylic acids is 2. The van der Waals surface area contributed by atoms with Crippen molar-refractivity contribution in [2.24, 2.45) is 0 Å². The highest BCUT2D eigenvalue weighted by molar-refractivity contribution is 7.17. The van der Waals surface area contributed by atoms with Crippen molar-refractivity contribution >= 4 is 23.2 Å². The number of hydrogen-bond donors (Lipinski definition) is 0. The lowest BCUT2D eigenvalue weighted by Crippen LogP contribution is -2.64. The smallest absolute Gasteiger partial charge is 0.264 e. The highest BCUT2D eigenvalue weighted by atomic mass is 32.1. The second kappa shape index (κ2) is 8.88. The Morgan fingerprint density at radius 3 is 2.09 bits per heavy atom. The molecule has 164 valence electrons. The van der Waals surface area contributed by atoms with Crippen molar-refractivity contribution in [2.45, 2.75) is 13.0 Å². The van der Waals surface area contributed by atoms with Gasteiger partial charge >= 0.3 is 0 Å². The summed E-state index contributed by atoms with van der Waals surface area (Å²) in [6.07, 6.45) is 0. The fourth-order valence-corrected chi connectivity index (χ4v) is 5.63. The van der Waals surface area contributed by atoms with Crippen molar-refractivity contribution < 1.29 is 9.59 Å². The van der Waals surface area contributed by atoms with Gasteiger partial charge in [-0.05, 0) is 36.2 Å². The molecule has 32 heavy (non-hydrogen) atoms. The number of likely N-dealkylation sites (tertiary alicyclic amines) is 1. The van der Waals surface area contributed by atoms with Crippen molar-refractivity contribution in [1.82, 2.24) is 14.7 Å². The molecule has 2 amide bonds. The number of aryl methyl sites for hydroxylation is 1. The molecule has 2 aliphatic heterocycles. The lowest BCUT2D eigenvalue weighted by Gasteiger charge is -2.48. The number of hydrogen-bond acceptors (Lipinski definition) is 4. The van der Waals surface area contributed by atoms with E-state index in [1.165, 1.54) is 0 Å². The van der Waals surface area contributed by atoms with Crippen LogP contribution < -0.4 is 0 Å². The van der Waals surface area contributed by atoms with Crippen molar-refractivity contribution in [1.29, 1.82) is 0 Å². The number of nitrogens with zero attached hydrogens (tertiary/aromatic N) is 3. The summed E-state index contributed by atoms with van der Waals surface area (Å²) >= 11 is 1.59. The van der Waals surface area contributed by atoms with E-state index in [-0.39, 0.29) is 11.8 Å². The minimum Gasteiger partial charge on any atom is -0.336 e. The van der Waals surface area contributed by atoms with Gasteiger partial charge in [-0.1, -0.05) is 48.5 Å². The van der Waals surface area contributed by atoms with Crippen LogP contribution in [0.25, 0.3) is 10.4 Å². The SMILES string of the molecule is Cc1cc(-c2ccccc2)sc1C(=O)N1CC(N2CCN(C(=O)c3ccccc3)CC2)C1. The number of benzene rings is 2. The van der Waals surface area contributed by atoms with Crippen LogP contribution in [0.2, 0.25) is 0 Å². The molecule has 5 rings (SSSR count). The second-order valence-electron chi connectivity index (χ2n) is 8.55. The van der Waals surface area contributed by atoms with Gasteiger partial charge in [0.25, 0.3) is 11.8 Å². The van der Waals surface area contributed by atoms with Gasteiger partial charge in [0.05, 0.1) is 4.88 Å². The van der Waals surface area contributed by atoms with Gasteiger partial charge in [0, 0.05) is 55.8 Å². The first-order valence-electron chi connectivity index (χ1n) is 11.1. The summed E-state index contributed by atoms with van der Waals surface area (Å²) in [5.41, 5.74) is 2.96. The molecular formula is C26H27N3O2S. The molecule has 0 radical (unpaired) electrons. The second-order valence-corrected chi connectivity index (χ2v) is 9.60. The zero-order chi connectivity index (χ0) is 22.1. The largest absolute Gasteiger partial charge is 0.336 e. The van der Waals surface area contributed by atoms with Crippen molar-refractivity contribution in [3.63, 3.8) is 0 Å². The molecule has 0 bridgehead atoms. The predicted molar refractivity (Wildman–Crippen MR) is 128 cm³/mol. The van der Waals surface area contributed by atoms with Gasteiger partial charge in [-0.2, -0.15) is 0 Å². The summed E-state index contributed by atoms with van der Waals surface area (Å²) in [5.74, 6) is 0.252. The van der Waals surface area contributed by atoms with E-state index in [9.17, 15) is 9.59 Å². The Morgan fingerprint density at radius 1 is 0.812 bits per heavy atom. The molecule has 0 aliphatic carbocycles. The molecule has 2 aliphatic rings. The lowest BCUT2D eigenvalue weighted by molar-refractivity contribution is 0.00876. The van der Waals surface area contributed by atoms with Gasteiger partial charge in [-0.15, -0.1) is 11.3 Å². The van der Waals surface area contributed by atoms with Crippen molar-refractivity contribution in [3.05, 3.63) is 82.7 Å². The van der Waals surface area contributed by atoms with Crippen LogP contribution in [-0.4, -0.2) is 71.8 Å². The Hall–Kier alpha value is -2.96. The molecule has 3 heterocycles. The third kappa shape index (κ3) is 4.08.